The van der Waals surface area contributed by atoms with Crippen molar-refractivity contribution in [1.82, 2.24) is 29.5 Å². The Hall–Kier alpha value is -2.39. The number of rotatable bonds is 8. The van der Waals surface area contributed by atoms with E-state index in [1.807, 2.05) is 15.8 Å². The summed E-state index contributed by atoms with van der Waals surface area (Å²) in [4.78, 5) is 25.0. The monoisotopic (exact) mass is 446 g/mol. The number of carbonyl (C=O) groups excluding carboxylic acids is 1. The molecule has 0 bridgehead atoms. The molecule has 2 aliphatic heterocycles. The summed E-state index contributed by atoms with van der Waals surface area (Å²) < 4.78 is 2.03. The van der Waals surface area contributed by atoms with Crippen LogP contribution in [0, 0.1) is 0 Å². The summed E-state index contributed by atoms with van der Waals surface area (Å²) in [7, 11) is 2.16. The fraction of sp³-hybridized carbons (Fsp3) is 0.619. The summed E-state index contributed by atoms with van der Waals surface area (Å²) in [5, 5.41) is 11.5. The van der Waals surface area contributed by atoms with Crippen LogP contribution in [0.25, 0.3) is 0 Å². The normalized spacial score (nSPS) is 19.1. The van der Waals surface area contributed by atoms with E-state index >= 15 is 0 Å². The lowest BCUT2D eigenvalue weighted by atomic mass is 10.1. The number of halogens is 1. The van der Waals surface area contributed by atoms with Gasteiger partial charge in [-0.05, 0) is 52.7 Å². The molecule has 2 aromatic rings. The van der Waals surface area contributed by atoms with Gasteiger partial charge in [-0.2, -0.15) is 10.1 Å². The molecule has 2 aromatic heterocycles. The topological polar surface area (TPSA) is 91.2 Å². The van der Waals surface area contributed by atoms with Gasteiger partial charge in [0.1, 0.15) is 10.8 Å². The average molecular weight is 447 g/mol. The number of nitrogens with zero attached hydrogens (tertiary/aromatic N) is 6. The predicted molar refractivity (Wildman–Crippen MR) is 122 cm³/mol. The minimum Gasteiger partial charge on any atom is -0.369 e. The number of hydrogen-bond acceptors (Lipinski definition) is 7. The third kappa shape index (κ3) is 5.46. The molecule has 0 spiro atoms. The van der Waals surface area contributed by atoms with Crippen LogP contribution in [0.5, 0.6) is 0 Å². The zero-order valence-electron chi connectivity index (χ0n) is 18.2. The van der Waals surface area contributed by atoms with E-state index < -0.39 is 0 Å². The fourth-order valence-electron chi connectivity index (χ4n) is 4.23. The van der Waals surface area contributed by atoms with Crippen molar-refractivity contribution < 1.29 is 4.79 Å². The van der Waals surface area contributed by atoms with E-state index in [4.69, 9.17) is 11.6 Å². The second-order valence-corrected chi connectivity index (χ2v) is 8.92. The van der Waals surface area contributed by atoms with Crippen molar-refractivity contribution in [2.75, 3.05) is 43.9 Å². The van der Waals surface area contributed by atoms with Gasteiger partial charge in [-0.3, -0.25) is 9.48 Å². The highest BCUT2D eigenvalue weighted by Crippen LogP contribution is 2.25. The first-order valence-corrected chi connectivity index (χ1v) is 11.4. The lowest BCUT2D eigenvalue weighted by Gasteiger charge is -2.28. The Morgan fingerprint density at radius 3 is 2.81 bits per heavy atom. The molecule has 9 nitrogen and oxygen atoms in total. The quantitative estimate of drug-likeness (QED) is 0.643. The van der Waals surface area contributed by atoms with Gasteiger partial charge in [0.2, 0.25) is 11.9 Å². The highest BCUT2D eigenvalue weighted by atomic mass is 35.5. The Balaban J connectivity index is 1.32. The molecular formula is C21H31ClN8O. The number of likely N-dealkylation sites (tertiary alicyclic amines) is 2. The van der Waals surface area contributed by atoms with Crippen molar-refractivity contribution in [2.45, 2.75) is 51.1 Å². The molecular weight excluding hydrogens is 416 g/mol. The summed E-state index contributed by atoms with van der Waals surface area (Å²) in [6.07, 6.45) is 10.1. The average Bonchev–Trinajstić information content (AvgIpc) is 3.40. The van der Waals surface area contributed by atoms with Crippen molar-refractivity contribution in [2.24, 2.45) is 0 Å². The molecule has 168 valence electrons. The van der Waals surface area contributed by atoms with Gasteiger partial charge in [-0.15, -0.1) is 0 Å². The second kappa shape index (κ2) is 9.82. The standard InChI is InChI=1S/C21H31ClN8O/c1-15(29-9-3-4-19(29)31)5-8-23-20-18(22)13-24-21(27-20)26-16-12-25-30(14-16)17-6-10-28(2)11-7-17/h12-15,17H,3-11H2,1-2H3,(H2,23,24,26,27)/t15-/m1/s1. The third-order valence-electron chi connectivity index (χ3n) is 6.16. The van der Waals surface area contributed by atoms with E-state index in [0.717, 1.165) is 51.0 Å². The first-order chi connectivity index (χ1) is 15.0. The Morgan fingerprint density at radius 1 is 1.26 bits per heavy atom. The highest BCUT2D eigenvalue weighted by Gasteiger charge is 2.24. The SMILES string of the molecule is C[C@H](CCNc1nc(Nc2cnn(C3CCN(C)CC3)c2)ncc1Cl)N1CCCC1=O. The van der Waals surface area contributed by atoms with Crippen LogP contribution in [0.3, 0.4) is 0 Å². The van der Waals surface area contributed by atoms with E-state index in [1.165, 1.54) is 0 Å². The van der Waals surface area contributed by atoms with Crippen molar-refractivity contribution in [3.63, 3.8) is 0 Å². The van der Waals surface area contributed by atoms with Gasteiger partial charge < -0.3 is 20.4 Å². The van der Waals surface area contributed by atoms with Gasteiger partial charge in [0.25, 0.3) is 0 Å². The molecule has 0 unspecified atom stereocenters. The van der Waals surface area contributed by atoms with Gasteiger partial charge >= 0.3 is 0 Å². The molecule has 4 heterocycles. The number of piperidine rings is 1. The number of hydrogen-bond donors (Lipinski definition) is 2. The largest absolute Gasteiger partial charge is 0.369 e. The molecule has 1 amide bonds. The Bertz CT molecular complexity index is 895. The van der Waals surface area contributed by atoms with Crippen molar-refractivity contribution in [3.8, 4) is 0 Å². The highest BCUT2D eigenvalue weighted by molar-refractivity contribution is 6.32. The molecule has 4 rings (SSSR count). The van der Waals surface area contributed by atoms with E-state index in [2.05, 4.69) is 44.6 Å². The van der Waals surface area contributed by atoms with Gasteiger partial charge in [0.15, 0.2) is 0 Å². The Labute approximate surface area is 188 Å². The zero-order chi connectivity index (χ0) is 21.8. The van der Waals surface area contributed by atoms with E-state index in [1.54, 1.807) is 12.4 Å². The van der Waals surface area contributed by atoms with Crippen LogP contribution < -0.4 is 10.6 Å². The first-order valence-electron chi connectivity index (χ1n) is 11.0. The predicted octanol–water partition coefficient (Wildman–Crippen LogP) is 3.15. The van der Waals surface area contributed by atoms with Gasteiger partial charge in [-0.1, -0.05) is 11.6 Å². The Morgan fingerprint density at radius 2 is 2.06 bits per heavy atom. The fourth-order valence-corrected chi connectivity index (χ4v) is 4.39. The smallest absolute Gasteiger partial charge is 0.229 e. The summed E-state index contributed by atoms with van der Waals surface area (Å²) in [6.45, 7) is 5.80. The lowest BCUT2D eigenvalue weighted by Crippen LogP contribution is -2.35. The van der Waals surface area contributed by atoms with Crippen LogP contribution in [0.15, 0.2) is 18.6 Å². The molecule has 2 aliphatic rings. The number of aromatic nitrogens is 4. The third-order valence-corrected chi connectivity index (χ3v) is 6.44. The molecule has 31 heavy (non-hydrogen) atoms. The summed E-state index contributed by atoms with van der Waals surface area (Å²) in [5.41, 5.74) is 0.855. The molecule has 2 fully saturated rings. The van der Waals surface area contributed by atoms with Crippen LogP contribution in [-0.2, 0) is 4.79 Å². The summed E-state index contributed by atoms with van der Waals surface area (Å²) >= 11 is 6.28. The van der Waals surface area contributed by atoms with Gasteiger partial charge in [-0.25, -0.2) is 4.98 Å². The van der Waals surface area contributed by atoms with Crippen molar-refractivity contribution in [1.29, 1.82) is 0 Å². The van der Waals surface area contributed by atoms with Gasteiger partial charge in [0, 0.05) is 31.7 Å². The Kier molecular flexibility index (Phi) is 6.92. The maximum atomic E-state index is 11.9. The van der Waals surface area contributed by atoms with Crippen molar-refractivity contribution in [3.05, 3.63) is 23.6 Å². The van der Waals surface area contributed by atoms with Crippen LogP contribution in [0.4, 0.5) is 17.5 Å². The van der Waals surface area contributed by atoms with E-state index in [9.17, 15) is 4.79 Å². The van der Waals surface area contributed by atoms with Crippen LogP contribution in [0.2, 0.25) is 5.02 Å². The lowest BCUT2D eigenvalue weighted by molar-refractivity contribution is -0.129. The van der Waals surface area contributed by atoms with Crippen LogP contribution >= 0.6 is 11.6 Å². The van der Waals surface area contributed by atoms with E-state index in [-0.39, 0.29) is 11.9 Å². The first kappa shape index (κ1) is 21.8. The maximum absolute atomic E-state index is 11.9. The number of anilines is 3. The number of nitrogens with one attached hydrogen (secondary N) is 2. The van der Waals surface area contributed by atoms with Crippen LogP contribution in [0.1, 0.15) is 45.1 Å². The molecule has 0 saturated carbocycles. The zero-order valence-corrected chi connectivity index (χ0v) is 19.0. The molecule has 10 heteroatoms. The van der Waals surface area contributed by atoms with Crippen LogP contribution in [-0.4, -0.2) is 74.7 Å². The minimum atomic E-state index is 0.200. The molecule has 2 saturated heterocycles. The summed E-state index contributed by atoms with van der Waals surface area (Å²) in [6, 6.07) is 0.630. The molecule has 2 N–H and O–H groups in total. The summed E-state index contributed by atoms with van der Waals surface area (Å²) in [5.74, 6) is 1.30. The minimum absolute atomic E-state index is 0.200. The van der Waals surface area contributed by atoms with Gasteiger partial charge in [0.05, 0.1) is 24.1 Å². The molecule has 0 radical (unpaired) electrons. The number of carbonyl (C=O) groups is 1. The second-order valence-electron chi connectivity index (χ2n) is 8.51. The molecule has 0 aliphatic carbocycles. The number of amides is 1. The molecule has 0 aromatic carbocycles. The molecule has 1 atom stereocenters. The van der Waals surface area contributed by atoms with E-state index in [0.29, 0.717) is 35.8 Å². The van der Waals surface area contributed by atoms with Crippen molar-refractivity contribution >= 4 is 35.0 Å². The maximum Gasteiger partial charge on any atom is 0.229 e.